The molecule has 1 saturated carbocycles. The zero-order valence-electron chi connectivity index (χ0n) is 23.7. The number of nitrogens with zero attached hydrogens (tertiary/aromatic N) is 1. The lowest BCUT2D eigenvalue weighted by Crippen LogP contribution is -2.35. The molecule has 0 bridgehead atoms. The minimum atomic E-state index is 0.0383. The molecule has 0 heterocycles. The molecule has 1 rings (SSSR count). The van der Waals surface area contributed by atoms with E-state index < -0.39 is 0 Å². The van der Waals surface area contributed by atoms with Crippen molar-refractivity contribution in [3.8, 4) is 6.07 Å². The first-order valence-electron chi connectivity index (χ1n) is 12.7. The predicted octanol–water partition coefficient (Wildman–Crippen LogP) is 9.69. The smallest absolute Gasteiger partial charge is 0.0661 e. The Morgan fingerprint density at radius 3 is 1.74 bits per heavy atom. The molecule has 4 atom stereocenters. The maximum absolute atomic E-state index is 9.83. The van der Waals surface area contributed by atoms with Crippen LogP contribution in [0.2, 0.25) is 0 Å². The van der Waals surface area contributed by atoms with Crippen molar-refractivity contribution >= 4 is 0 Å². The van der Waals surface area contributed by atoms with Gasteiger partial charge in [-0.25, -0.2) is 0 Å². The van der Waals surface area contributed by atoms with Crippen LogP contribution in [0.5, 0.6) is 0 Å². The molecule has 1 fully saturated rings. The summed E-state index contributed by atoms with van der Waals surface area (Å²) in [6.45, 7) is 33.2. The van der Waals surface area contributed by atoms with E-state index in [0.29, 0.717) is 16.7 Å². The zero-order chi connectivity index (χ0) is 24.7. The van der Waals surface area contributed by atoms with Crippen molar-refractivity contribution in [1.29, 1.82) is 5.26 Å². The van der Waals surface area contributed by atoms with Gasteiger partial charge >= 0.3 is 0 Å². The maximum atomic E-state index is 9.83. The Morgan fingerprint density at radius 2 is 1.32 bits per heavy atom. The van der Waals surface area contributed by atoms with Crippen LogP contribution in [0.15, 0.2) is 12.2 Å². The van der Waals surface area contributed by atoms with Gasteiger partial charge in [0.1, 0.15) is 0 Å². The van der Waals surface area contributed by atoms with Gasteiger partial charge in [-0.15, -0.1) is 0 Å². The van der Waals surface area contributed by atoms with E-state index in [2.05, 4.69) is 115 Å². The summed E-state index contributed by atoms with van der Waals surface area (Å²) in [5.41, 5.74) is 1.40. The second-order valence-electron chi connectivity index (χ2n) is 15.2. The first kappa shape index (κ1) is 28.3. The second-order valence-corrected chi connectivity index (χ2v) is 15.2. The van der Waals surface area contributed by atoms with Crippen LogP contribution in [-0.4, -0.2) is 0 Å². The van der Waals surface area contributed by atoms with Crippen LogP contribution >= 0.6 is 0 Å². The van der Waals surface area contributed by atoms with E-state index in [-0.39, 0.29) is 27.6 Å². The molecular weight excluding hydrogens is 374 g/mol. The van der Waals surface area contributed by atoms with E-state index >= 15 is 0 Å². The van der Waals surface area contributed by atoms with E-state index in [9.17, 15) is 5.26 Å². The van der Waals surface area contributed by atoms with Gasteiger partial charge in [0, 0.05) is 0 Å². The largest absolute Gasteiger partial charge is 0.198 e. The van der Waals surface area contributed by atoms with Gasteiger partial charge in [-0.1, -0.05) is 109 Å². The van der Waals surface area contributed by atoms with E-state index in [1.165, 1.54) is 6.42 Å². The van der Waals surface area contributed by atoms with Gasteiger partial charge < -0.3 is 0 Å². The number of rotatable bonds is 9. The fraction of sp³-hybridized carbons (Fsp3) is 0.900. The zero-order valence-corrected chi connectivity index (χ0v) is 23.7. The van der Waals surface area contributed by atoms with E-state index in [4.69, 9.17) is 0 Å². The Morgan fingerprint density at radius 1 is 0.839 bits per heavy atom. The van der Waals surface area contributed by atoms with E-state index in [1.54, 1.807) is 0 Å². The summed E-state index contributed by atoms with van der Waals surface area (Å²) < 4.78 is 0. The summed E-state index contributed by atoms with van der Waals surface area (Å²) in [6, 6.07) is 2.63. The maximum Gasteiger partial charge on any atom is 0.0661 e. The number of allylic oxidation sites excluding steroid dienone is 2. The molecule has 0 aromatic carbocycles. The molecule has 0 aliphatic heterocycles. The summed E-state index contributed by atoms with van der Waals surface area (Å²) in [7, 11) is 0. The fourth-order valence-corrected chi connectivity index (χ4v) is 5.53. The van der Waals surface area contributed by atoms with Crippen LogP contribution in [0.4, 0.5) is 0 Å². The molecule has 0 aromatic heterocycles. The molecule has 31 heavy (non-hydrogen) atoms. The molecule has 1 aliphatic carbocycles. The lowest BCUT2D eigenvalue weighted by molar-refractivity contribution is 0.0664. The summed E-state index contributed by atoms with van der Waals surface area (Å²) in [4.78, 5) is 0. The minimum Gasteiger partial charge on any atom is -0.198 e. The third kappa shape index (κ3) is 6.39. The van der Waals surface area contributed by atoms with Crippen molar-refractivity contribution < 1.29 is 0 Å². The number of hydrogen-bond acceptors (Lipinski definition) is 1. The van der Waals surface area contributed by atoms with Crippen molar-refractivity contribution in [3.63, 3.8) is 0 Å². The predicted molar refractivity (Wildman–Crippen MR) is 138 cm³/mol. The highest BCUT2D eigenvalue weighted by Gasteiger charge is 2.66. The normalized spacial score (nSPS) is 26.7. The average molecular weight is 430 g/mol. The standard InChI is InChI=1S/C30H55N/c1-22-24(30(22,14)29(12,13)19-23(21-31)26(5,6)7)20-28(10,11)27(8,9)18-16-15-17-25(2,3)4/h15-16,22-24H,17-20H2,1-14H3. The van der Waals surface area contributed by atoms with Gasteiger partial charge in [0.05, 0.1) is 12.0 Å². The van der Waals surface area contributed by atoms with Crippen molar-refractivity contribution in [2.24, 2.45) is 50.2 Å². The van der Waals surface area contributed by atoms with Crippen molar-refractivity contribution in [1.82, 2.24) is 0 Å². The van der Waals surface area contributed by atoms with Crippen LogP contribution in [0.1, 0.15) is 123 Å². The Kier molecular flexibility index (Phi) is 8.09. The highest BCUT2D eigenvalue weighted by atomic mass is 14.7. The van der Waals surface area contributed by atoms with Crippen molar-refractivity contribution in [2.75, 3.05) is 0 Å². The summed E-state index contributed by atoms with van der Waals surface area (Å²) in [6.07, 6.45) is 9.35. The Bertz CT molecular complexity index is 671. The Balaban J connectivity index is 2.93. The molecule has 1 nitrogen and oxygen atoms in total. The lowest BCUT2D eigenvalue weighted by Gasteiger charge is -2.44. The van der Waals surface area contributed by atoms with Crippen LogP contribution in [0.25, 0.3) is 0 Å². The first-order valence-corrected chi connectivity index (χ1v) is 12.7. The quantitative estimate of drug-likeness (QED) is 0.334. The molecule has 180 valence electrons. The van der Waals surface area contributed by atoms with Gasteiger partial charge in [0.25, 0.3) is 0 Å². The number of nitriles is 1. The monoisotopic (exact) mass is 429 g/mol. The molecule has 0 aromatic rings. The summed E-state index contributed by atoms with van der Waals surface area (Å²) in [5.74, 6) is 1.55. The molecule has 0 amide bonds. The molecule has 0 saturated heterocycles. The molecule has 0 N–H and O–H groups in total. The SMILES string of the molecule is CC1C(CC(C)(C)C(C)(C)CC=CCC(C)(C)C)C1(C)C(C)(C)CC(C#N)C(C)(C)C. The topological polar surface area (TPSA) is 23.8 Å². The Hall–Kier alpha value is -0.770. The van der Waals surface area contributed by atoms with Crippen LogP contribution in [0.3, 0.4) is 0 Å². The van der Waals surface area contributed by atoms with Crippen LogP contribution in [-0.2, 0) is 0 Å². The molecule has 1 aliphatic rings. The highest BCUT2D eigenvalue weighted by Crippen LogP contribution is 2.72. The first-order chi connectivity index (χ1) is 13.6. The van der Waals surface area contributed by atoms with Crippen LogP contribution < -0.4 is 0 Å². The van der Waals surface area contributed by atoms with Crippen molar-refractivity contribution in [2.45, 2.75) is 123 Å². The Labute approximate surface area is 196 Å². The molecule has 0 radical (unpaired) electrons. The van der Waals surface area contributed by atoms with E-state index in [1.807, 2.05) is 0 Å². The molecule has 4 unspecified atom stereocenters. The summed E-state index contributed by atoms with van der Waals surface area (Å²) in [5, 5.41) is 9.83. The molecule has 0 spiro atoms. The van der Waals surface area contributed by atoms with Crippen LogP contribution in [0, 0.1) is 61.6 Å². The highest BCUT2D eigenvalue weighted by molar-refractivity contribution is 5.15. The van der Waals surface area contributed by atoms with Gasteiger partial charge in [0.15, 0.2) is 0 Å². The number of hydrogen-bond donors (Lipinski definition) is 0. The lowest BCUT2D eigenvalue weighted by atomic mass is 9.61. The molecular formula is C30H55N. The van der Waals surface area contributed by atoms with Crippen molar-refractivity contribution in [3.05, 3.63) is 12.2 Å². The average Bonchev–Trinajstić information content (AvgIpc) is 3.09. The van der Waals surface area contributed by atoms with Gasteiger partial charge in [0.2, 0.25) is 0 Å². The minimum absolute atomic E-state index is 0.0383. The van der Waals surface area contributed by atoms with E-state index in [0.717, 1.165) is 25.2 Å². The third-order valence-corrected chi connectivity index (χ3v) is 9.67. The fourth-order valence-electron chi connectivity index (χ4n) is 5.53. The van der Waals surface area contributed by atoms with Gasteiger partial charge in [-0.3, -0.25) is 0 Å². The van der Waals surface area contributed by atoms with Gasteiger partial charge in [-0.05, 0) is 70.0 Å². The van der Waals surface area contributed by atoms with Gasteiger partial charge in [-0.2, -0.15) is 5.26 Å². The third-order valence-electron chi connectivity index (χ3n) is 9.67. The summed E-state index contributed by atoms with van der Waals surface area (Å²) >= 11 is 0. The second kappa shape index (κ2) is 8.88. The molecule has 1 heteroatoms.